The summed E-state index contributed by atoms with van der Waals surface area (Å²) in [6.45, 7) is 0. The molecule has 1 amide bonds. The van der Waals surface area contributed by atoms with Crippen LogP contribution in [0, 0.1) is 0 Å². The number of amides is 1. The molecule has 1 N–H and O–H groups in total. The molecule has 0 bridgehead atoms. The summed E-state index contributed by atoms with van der Waals surface area (Å²) < 4.78 is 5.07. The van der Waals surface area contributed by atoms with Gasteiger partial charge in [-0.2, -0.15) is 0 Å². The van der Waals surface area contributed by atoms with Gasteiger partial charge >= 0.3 is 0 Å². The minimum Gasteiger partial charge on any atom is -0.494 e. The molecule has 0 radical (unpaired) electrons. The van der Waals surface area contributed by atoms with Crippen molar-refractivity contribution in [1.29, 1.82) is 0 Å². The van der Waals surface area contributed by atoms with Gasteiger partial charge in [-0.15, -0.1) is 0 Å². The number of benzene rings is 1. The Labute approximate surface area is 110 Å². The Morgan fingerprint density at radius 3 is 2.95 bits per heavy atom. The summed E-state index contributed by atoms with van der Waals surface area (Å²) >= 11 is 0. The normalized spacial score (nSPS) is 9.74. The first-order chi connectivity index (χ1) is 9.24. The highest BCUT2D eigenvalue weighted by Gasteiger charge is 2.12. The first-order valence-electron chi connectivity index (χ1n) is 5.59. The van der Waals surface area contributed by atoms with Crippen LogP contribution in [0.3, 0.4) is 0 Å². The molecule has 0 fully saturated rings. The van der Waals surface area contributed by atoms with Crippen molar-refractivity contribution in [3.8, 4) is 5.75 Å². The molecular formula is C14H12N2O3. The first kappa shape index (κ1) is 12.8. The molecule has 1 heterocycles. The van der Waals surface area contributed by atoms with Gasteiger partial charge in [0, 0.05) is 17.4 Å². The Bertz CT molecular complexity index is 611. The van der Waals surface area contributed by atoms with E-state index in [1.807, 2.05) is 0 Å². The largest absolute Gasteiger partial charge is 0.494 e. The number of carbonyl (C=O) groups excluding carboxylic acids is 2. The van der Waals surface area contributed by atoms with Crippen LogP contribution >= 0.6 is 0 Å². The lowest BCUT2D eigenvalue weighted by Crippen LogP contribution is -2.13. The van der Waals surface area contributed by atoms with Crippen LogP contribution in [0.1, 0.15) is 20.7 Å². The zero-order chi connectivity index (χ0) is 13.7. The Morgan fingerprint density at radius 1 is 1.37 bits per heavy atom. The van der Waals surface area contributed by atoms with E-state index in [1.54, 1.807) is 30.3 Å². The predicted molar refractivity (Wildman–Crippen MR) is 70.6 cm³/mol. The molecule has 5 heteroatoms. The molecule has 0 aliphatic rings. The second-order valence-corrected chi connectivity index (χ2v) is 3.77. The third kappa shape index (κ3) is 2.95. The van der Waals surface area contributed by atoms with E-state index in [4.69, 9.17) is 4.74 Å². The van der Waals surface area contributed by atoms with Crippen LogP contribution < -0.4 is 10.1 Å². The highest BCUT2D eigenvalue weighted by Crippen LogP contribution is 2.18. The van der Waals surface area contributed by atoms with Crippen LogP contribution in [-0.2, 0) is 0 Å². The number of carbonyl (C=O) groups is 2. The number of hydrogen-bond donors (Lipinski definition) is 1. The van der Waals surface area contributed by atoms with Gasteiger partial charge in [0.05, 0.1) is 18.9 Å². The molecule has 1 aromatic carbocycles. The van der Waals surface area contributed by atoms with Crippen LogP contribution in [0.2, 0.25) is 0 Å². The second kappa shape index (κ2) is 5.77. The molecule has 0 saturated carbocycles. The fourth-order valence-corrected chi connectivity index (χ4v) is 1.62. The van der Waals surface area contributed by atoms with Crippen LogP contribution in [0.15, 0.2) is 42.7 Å². The molecule has 0 saturated heterocycles. The van der Waals surface area contributed by atoms with Crippen molar-refractivity contribution in [2.24, 2.45) is 0 Å². The summed E-state index contributed by atoms with van der Waals surface area (Å²) in [5.74, 6) is 0.0776. The molecule has 0 aliphatic heterocycles. The number of hydrogen-bond acceptors (Lipinski definition) is 4. The number of rotatable bonds is 4. The lowest BCUT2D eigenvalue weighted by atomic mass is 10.2. The number of pyridine rings is 1. The van der Waals surface area contributed by atoms with Crippen molar-refractivity contribution in [2.75, 3.05) is 12.4 Å². The van der Waals surface area contributed by atoms with Gasteiger partial charge in [0.25, 0.3) is 5.91 Å². The number of methoxy groups -OCH3 is 1. The second-order valence-electron chi connectivity index (χ2n) is 3.77. The average molecular weight is 256 g/mol. The smallest absolute Gasteiger partial charge is 0.259 e. The molecule has 5 nitrogen and oxygen atoms in total. The van der Waals surface area contributed by atoms with Crippen LogP contribution in [-0.4, -0.2) is 24.3 Å². The Hall–Kier alpha value is -2.69. The molecule has 96 valence electrons. The van der Waals surface area contributed by atoms with E-state index < -0.39 is 0 Å². The van der Waals surface area contributed by atoms with Gasteiger partial charge in [-0.3, -0.25) is 14.6 Å². The maximum Gasteiger partial charge on any atom is 0.259 e. The summed E-state index contributed by atoms with van der Waals surface area (Å²) in [7, 11) is 1.47. The molecule has 0 aliphatic carbocycles. The summed E-state index contributed by atoms with van der Waals surface area (Å²) in [5.41, 5.74) is 1.43. The van der Waals surface area contributed by atoms with E-state index in [0.717, 1.165) is 6.29 Å². The standard InChI is InChI=1S/C14H12N2O3/c1-19-13-8-15-6-5-12(13)14(18)16-11-4-2-3-10(7-11)9-17/h2-9H,1H3,(H,16,18). The van der Waals surface area contributed by atoms with Crippen molar-refractivity contribution in [1.82, 2.24) is 4.98 Å². The van der Waals surface area contributed by atoms with Crippen molar-refractivity contribution in [2.45, 2.75) is 0 Å². The fraction of sp³-hybridized carbons (Fsp3) is 0.0714. The summed E-state index contributed by atoms with van der Waals surface area (Å²) in [5, 5.41) is 2.70. The minimum absolute atomic E-state index is 0.317. The number of nitrogens with one attached hydrogen (secondary N) is 1. The van der Waals surface area contributed by atoms with E-state index in [2.05, 4.69) is 10.3 Å². The maximum atomic E-state index is 12.1. The molecule has 0 atom stereocenters. The van der Waals surface area contributed by atoms with Crippen molar-refractivity contribution >= 4 is 17.9 Å². The zero-order valence-electron chi connectivity index (χ0n) is 10.3. The van der Waals surface area contributed by atoms with Gasteiger partial charge in [-0.1, -0.05) is 12.1 Å². The third-order valence-electron chi connectivity index (χ3n) is 2.53. The monoisotopic (exact) mass is 256 g/mol. The SMILES string of the molecule is COc1cnccc1C(=O)Nc1cccc(C=O)c1. The van der Waals surface area contributed by atoms with Crippen LogP contribution in [0.4, 0.5) is 5.69 Å². The van der Waals surface area contributed by atoms with Crippen molar-refractivity contribution in [3.63, 3.8) is 0 Å². The average Bonchev–Trinajstić information content (AvgIpc) is 2.47. The molecule has 2 aromatic rings. The zero-order valence-corrected chi connectivity index (χ0v) is 10.3. The molecule has 2 rings (SSSR count). The first-order valence-corrected chi connectivity index (χ1v) is 5.59. The van der Waals surface area contributed by atoms with Crippen LogP contribution in [0.5, 0.6) is 5.75 Å². The lowest BCUT2D eigenvalue weighted by molar-refractivity contribution is 0.102. The predicted octanol–water partition coefficient (Wildman–Crippen LogP) is 2.16. The summed E-state index contributed by atoms with van der Waals surface area (Å²) in [4.78, 5) is 26.6. The van der Waals surface area contributed by atoms with E-state index in [-0.39, 0.29) is 5.91 Å². The minimum atomic E-state index is -0.317. The fourth-order valence-electron chi connectivity index (χ4n) is 1.62. The maximum absolute atomic E-state index is 12.1. The van der Waals surface area contributed by atoms with E-state index >= 15 is 0 Å². The van der Waals surface area contributed by atoms with Gasteiger partial charge in [0.2, 0.25) is 0 Å². The van der Waals surface area contributed by atoms with Crippen LogP contribution in [0.25, 0.3) is 0 Å². The number of ether oxygens (including phenoxy) is 1. The molecule has 1 aromatic heterocycles. The summed E-state index contributed by atoms with van der Waals surface area (Å²) in [6.07, 6.45) is 3.71. The van der Waals surface area contributed by atoms with Gasteiger partial charge in [-0.05, 0) is 18.2 Å². The summed E-state index contributed by atoms with van der Waals surface area (Å²) in [6, 6.07) is 8.23. The number of aldehydes is 1. The highest BCUT2D eigenvalue weighted by molar-refractivity contribution is 6.06. The van der Waals surface area contributed by atoms with Gasteiger partial charge in [0.15, 0.2) is 0 Å². The highest BCUT2D eigenvalue weighted by atomic mass is 16.5. The third-order valence-corrected chi connectivity index (χ3v) is 2.53. The van der Waals surface area contributed by atoms with Gasteiger partial charge in [0.1, 0.15) is 12.0 Å². The Balaban J connectivity index is 2.23. The van der Waals surface area contributed by atoms with Gasteiger partial charge in [-0.25, -0.2) is 0 Å². The van der Waals surface area contributed by atoms with Gasteiger partial charge < -0.3 is 10.1 Å². The topological polar surface area (TPSA) is 68.3 Å². The molecule has 19 heavy (non-hydrogen) atoms. The lowest BCUT2D eigenvalue weighted by Gasteiger charge is -2.08. The van der Waals surface area contributed by atoms with Crippen molar-refractivity contribution in [3.05, 3.63) is 53.9 Å². The molecule has 0 spiro atoms. The Morgan fingerprint density at radius 2 is 2.21 bits per heavy atom. The number of nitrogens with zero attached hydrogens (tertiary/aromatic N) is 1. The number of aromatic nitrogens is 1. The molecular weight excluding hydrogens is 244 g/mol. The van der Waals surface area contributed by atoms with E-state index in [1.165, 1.54) is 19.5 Å². The quantitative estimate of drug-likeness (QED) is 0.851. The van der Waals surface area contributed by atoms with Crippen molar-refractivity contribution < 1.29 is 14.3 Å². The Kier molecular flexibility index (Phi) is 3.87. The van der Waals surface area contributed by atoms with E-state index in [0.29, 0.717) is 22.6 Å². The number of anilines is 1. The van der Waals surface area contributed by atoms with E-state index in [9.17, 15) is 9.59 Å². The molecule has 0 unspecified atom stereocenters.